The molecule has 0 spiro atoms. The fourth-order valence-electron chi connectivity index (χ4n) is 4.85. The van der Waals surface area contributed by atoms with Gasteiger partial charge in [-0.3, -0.25) is 9.59 Å². The summed E-state index contributed by atoms with van der Waals surface area (Å²) in [6.07, 6.45) is 7.57. The lowest BCUT2D eigenvalue weighted by molar-refractivity contribution is -0.921. The van der Waals surface area contributed by atoms with Crippen molar-refractivity contribution >= 4 is 11.8 Å². The van der Waals surface area contributed by atoms with E-state index in [0.717, 1.165) is 13.1 Å². The van der Waals surface area contributed by atoms with Crippen molar-refractivity contribution in [2.45, 2.75) is 64.5 Å². The number of hydrogen-bond donors (Lipinski definition) is 2. The number of quaternary nitrogens is 2. The molecule has 3 aliphatic rings. The van der Waals surface area contributed by atoms with Crippen LogP contribution in [0.1, 0.15) is 52.4 Å². The summed E-state index contributed by atoms with van der Waals surface area (Å²) in [5.74, 6) is 0.548. The van der Waals surface area contributed by atoms with Gasteiger partial charge in [-0.2, -0.15) is 0 Å². The quantitative estimate of drug-likeness (QED) is 0.641. The second-order valence-electron chi connectivity index (χ2n) is 8.73. The van der Waals surface area contributed by atoms with Gasteiger partial charge in [0.2, 0.25) is 0 Å². The second kappa shape index (κ2) is 9.18. The first-order valence-electron chi connectivity index (χ1n) is 10.8. The van der Waals surface area contributed by atoms with Crippen LogP contribution in [0.3, 0.4) is 0 Å². The molecule has 3 saturated heterocycles. The number of hydrogen-bond acceptors (Lipinski definition) is 2. The summed E-state index contributed by atoms with van der Waals surface area (Å²) >= 11 is 0. The molecule has 2 amide bonds. The molecule has 3 heterocycles. The van der Waals surface area contributed by atoms with Crippen LogP contribution in [-0.4, -0.2) is 86.1 Å². The SMILES string of the molecule is C[C@H]1CCCC[NH+]1CC(=O)N1CCN(C(=O)C[NH+]2CCCC[C@@H]2C)CC1. The van der Waals surface area contributed by atoms with Crippen LogP contribution in [0.25, 0.3) is 0 Å². The molecule has 0 aromatic heterocycles. The van der Waals surface area contributed by atoms with Crippen molar-refractivity contribution in [1.29, 1.82) is 0 Å². The van der Waals surface area contributed by atoms with Crippen LogP contribution in [-0.2, 0) is 9.59 Å². The zero-order valence-electron chi connectivity index (χ0n) is 16.8. The van der Waals surface area contributed by atoms with Crippen LogP contribution in [0.2, 0.25) is 0 Å². The van der Waals surface area contributed by atoms with Crippen molar-refractivity contribution < 1.29 is 19.4 Å². The fraction of sp³-hybridized carbons (Fsp3) is 0.900. The van der Waals surface area contributed by atoms with E-state index >= 15 is 0 Å². The van der Waals surface area contributed by atoms with Gasteiger partial charge in [0.05, 0.1) is 25.2 Å². The summed E-state index contributed by atoms with van der Waals surface area (Å²) < 4.78 is 0. The summed E-state index contributed by atoms with van der Waals surface area (Å²) in [6, 6.07) is 1.20. The molecule has 2 N–H and O–H groups in total. The Balaban J connectivity index is 1.41. The van der Waals surface area contributed by atoms with Crippen molar-refractivity contribution in [1.82, 2.24) is 9.80 Å². The lowest BCUT2D eigenvalue weighted by Gasteiger charge is -2.37. The number of carbonyl (C=O) groups excluding carboxylic acids is 2. The predicted octanol–water partition coefficient (Wildman–Crippen LogP) is -1.43. The summed E-state index contributed by atoms with van der Waals surface area (Å²) in [7, 11) is 0. The molecule has 6 nitrogen and oxygen atoms in total. The Morgan fingerprint density at radius 1 is 0.731 bits per heavy atom. The van der Waals surface area contributed by atoms with E-state index in [4.69, 9.17) is 0 Å². The van der Waals surface area contributed by atoms with Gasteiger partial charge in [0, 0.05) is 26.2 Å². The molecule has 0 bridgehead atoms. The lowest BCUT2D eigenvalue weighted by Crippen LogP contribution is -3.17. The summed E-state index contributed by atoms with van der Waals surface area (Å²) in [6.45, 7) is 10.9. The number of carbonyl (C=O) groups is 2. The Kier molecular flexibility index (Phi) is 6.92. The lowest BCUT2D eigenvalue weighted by atomic mass is 10.0. The Hall–Kier alpha value is -1.14. The van der Waals surface area contributed by atoms with Crippen LogP contribution < -0.4 is 9.80 Å². The standard InChI is InChI=1S/C20H36N4O2/c1-17-7-3-5-9-23(17)15-19(25)21-11-13-22(14-12-21)20(26)16-24-10-6-4-8-18(24)2/h17-18H,3-16H2,1-2H3/p+2/t17-,18-/m0/s1. The van der Waals surface area contributed by atoms with Gasteiger partial charge in [-0.25, -0.2) is 0 Å². The highest BCUT2D eigenvalue weighted by Crippen LogP contribution is 2.05. The van der Waals surface area contributed by atoms with Gasteiger partial charge in [-0.15, -0.1) is 0 Å². The van der Waals surface area contributed by atoms with Gasteiger partial charge in [0.25, 0.3) is 11.8 Å². The average molecular weight is 367 g/mol. The van der Waals surface area contributed by atoms with E-state index in [2.05, 4.69) is 13.8 Å². The van der Waals surface area contributed by atoms with E-state index in [1.54, 1.807) is 0 Å². The zero-order valence-corrected chi connectivity index (χ0v) is 16.8. The van der Waals surface area contributed by atoms with Gasteiger partial charge >= 0.3 is 0 Å². The Labute approximate surface area is 158 Å². The first kappa shape index (κ1) is 19.6. The number of piperazine rings is 1. The van der Waals surface area contributed by atoms with Gasteiger partial charge in [0.15, 0.2) is 13.1 Å². The normalized spacial score (nSPS) is 33.2. The van der Waals surface area contributed by atoms with Crippen LogP contribution in [0.4, 0.5) is 0 Å². The number of rotatable bonds is 4. The van der Waals surface area contributed by atoms with Crippen molar-refractivity contribution in [3.05, 3.63) is 0 Å². The van der Waals surface area contributed by atoms with E-state index in [1.807, 2.05) is 9.80 Å². The van der Waals surface area contributed by atoms with Gasteiger partial charge < -0.3 is 19.6 Å². The van der Waals surface area contributed by atoms with Crippen LogP contribution >= 0.6 is 0 Å². The molecule has 0 saturated carbocycles. The summed E-state index contributed by atoms with van der Waals surface area (Å²) in [5.41, 5.74) is 0. The van der Waals surface area contributed by atoms with E-state index in [1.165, 1.54) is 48.3 Å². The largest absolute Gasteiger partial charge is 0.334 e. The minimum absolute atomic E-state index is 0.274. The van der Waals surface area contributed by atoms with E-state index in [0.29, 0.717) is 51.4 Å². The number of amides is 2. The Morgan fingerprint density at radius 2 is 1.12 bits per heavy atom. The second-order valence-corrected chi connectivity index (χ2v) is 8.73. The molecule has 3 aliphatic heterocycles. The van der Waals surface area contributed by atoms with Crippen molar-refractivity contribution in [2.75, 3.05) is 52.4 Å². The van der Waals surface area contributed by atoms with Gasteiger partial charge in [0.1, 0.15) is 0 Å². The maximum absolute atomic E-state index is 12.6. The Bertz CT molecular complexity index is 446. The summed E-state index contributed by atoms with van der Waals surface area (Å²) in [5, 5.41) is 0. The molecule has 0 aromatic rings. The average Bonchev–Trinajstić information content (AvgIpc) is 2.65. The highest BCUT2D eigenvalue weighted by Gasteiger charge is 2.31. The molecule has 26 heavy (non-hydrogen) atoms. The smallest absolute Gasteiger partial charge is 0.277 e. The third-order valence-electron chi connectivity index (χ3n) is 6.91. The molecule has 6 heteroatoms. The number of likely N-dealkylation sites (tertiary alicyclic amines) is 2. The third-order valence-corrected chi connectivity index (χ3v) is 6.91. The summed E-state index contributed by atoms with van der Waals surface area (Å²) in [4.78, 5) is 32.1. The number of nitrogens with zero attached hydrogens (tertiary/aromatic N) is 2. The van der Waals surface area contributed by atoms with Gasteiger partial charge in [-0.1, -0.05) is 0 Å². The molecule has 3 rings (SSSR count). The topological polar surface area (TPSA) is 49.5 Å². The third kappa shape index (κ3) is 4.97. The maximum atomic E-state index is 12.6. The molecular formula is C20H38N4O2+2. The molecule has 0 radical (unpaired) electrons. The minimum Gasteiger partial charge on any atom is -0.334 e. The zero-order chi connectivity index (χ0) is 18.5. The van der Waals surface area contributed by atoms with E-state index < -0.39 is 0 Å². The highest BCUT2D eigenvalue weighted by atomic mass is 16.2. The van der Waals surface area contributed by atoms with Crippen molar-refractivity contribution in [2.24, 2.45) is 0 Å². The van der Waals surface area contributed by atoms with Crippen LogP contribution in [0.5, 0.6) is 0 Å². The maximum Gasteiger partial charge on any atom is 0.277 e. The van der Waals surface area contributed by atoms with Crippen molar-refractivity contribution in [3.63, 3.8) is 0 Å². The first-order chi connectivity index (χ1) is 12.5. The molecular weight excluding hydrogens is 328 g/mol. The molecule has 2 unspecified atom stereocenters. The molecule has 0 aromatic carbocycles. The Morgan fingerprint density at radius 3 is 1.46 bits per heavy atom. The van der Waals surface area contributed by atoms with Gasteiger partial charge in [-0.05, 0) is 52.4 Å². The number of nitrogens with one attached hydrogen (secondary N) is 2. The molecule has 3 fully saturated rings. The fourth-order valence-corrected chi connectivity index (χ4v) is 4.85. The minimum atomic E-state index is 0.274. The predicted molar refractivity (Wildman–Crippen MR) is 101 cm³/mol. The first-order valence-corrected chi connectivity index (χ1v) is 10.8. The van der Waals surface area contributed by atoms with E-state index in [9.17, 15) is 9.59 Å². The monoisotopic (exact) mass is 366 g/mol. The highest BCUT2D eigenvalue weighted by molar-refractivity contribution is 5.79. The van der Waals surface area contributed by atoms with E-state index in [-0.39, 0.29) is 11.8 Å². The van der Waals surface area contributed by atoms with Crippen molar-refractivity contribution in [3.8, 4) is 0 Å². The molecule has 4 atom stereocenters. The molecule has 148 valence electrons. The number of piperidine rings is 2. The molecule has 0 aliphatic carbocycles. The van der Waals surface area contributed by atoms with Crippen LogP contribution in [0, 0.1) is 0 Å². The van der Waals surface area contributed by atoms with Crippen LogP contribution in [0.15, 0.2) is 0 Å².